The lowest BCUT2D eigenvalue weighted by molar-refractivity contribution is 0.0945. The number of nitrogens with one attached hydrogen (secondary N) is 2. The van der Waals surface area contributed by atoms with E-state index in [-0.39, 0.29) is 10.6 Å². The Morgan fingerprint density at radius 2 is 1.38 bits per heavy atom. The number of rotatable bonds is 6. The summed E-state index contributed by atoms with van der Waals surface area (Å²) in [6, 6.07) is 31.1. The Kier molecular flexibility index (Phi) is 12.4. The topological polar surface area (TPSA) is 140 Å². The lowest BCUT2D eigenvalue weighted by Gasteiger charge is -2.14. The van der Waals surface area contributed by atoms with Crippen LogP contribution in [-0.4, -0.2) is 25.7 Å². The Bertz CT molecular complexity index is 2510. The number of aromatic nitrogens is 4. The van der Waals surface area contributed by atoms with E-state index in [0.29, 0.717) is 32.4 Å². The summed E-state index contributed by atoms with van der Waals surface area (Å²) in [6.07, 6.45) is 6.67. The van der Waals surface area contributed by atoms with Crippen molar-refractivity contribution in [2.24, 2.45) is 0 Å². The number of pyridine rings is 2. The van der Waals surface area contributed by atoms with Gasteiger partial charge in [0, 0.05) is 68.9 Å². The van der Waals surface area contributed by atoms with Gasteiger partial charge in [0.2, 0.25) is 0 Å². The predicted molar refractivity (Wildman–Crippen MR) is 206 cm³/mol. The number of amides is 1. The molecule has 3 aromatic heterocycles. The fraction of sp³-hybridized carbons (Fsp3) is 0.100. The molecular weight excluding hydrogens is 717 g/mol. The summed E-state index contributed by atoms with van der Waals surface area (Å²) in [4.78, 5) is 33.3. The smallest absolute Gasteiger partial charge is 0.268 e. The van der Waals surface area contributed by atoms with Crippen LogP contribution in [0, 0.1) is 22.7 Å². The van der Waals surface area contributed by atoms with Gasteiger partial charge in [0.05, 0.1) is 27.9 Å². The van der Waals surface area contributed by atoms with Crippen LogP contribution in [0.25, 0.3) is 32.8 Å². The first-order valence-corrected chi connectivity index (χ1v) is 17.2. The zero-order valence-electron chi connectivity index (χ0n) is 27.9. The Morgan fingerprint density at radius 1 is 0.750 bits per heavy atom. The van der Waals surface area contributed by atoms with Crippen molar-refractivity contribution in [1.29, 1.82) is 10.5 Å². The second-order valence-corrected chi connectivity index (χ2v) is 12.2. The molecular formula is C40H30Cl3N7O2. The van der Waals surface area contributed by atoms with Gasteiger partial charge in [-0.2, -0.15) is 10.5 Å². The van der Waals surface area contributed by atoms with Crippen LogP contribution < -0.4 is 10.9 Å². The maximum atomic E-state index is 12.5. The number of fused-ring (bicyclic) bond motifs is 2. The normalized spacial score (nSPS) is 11.5. The molecule has 0 aliphatic heterocycles. The number of nitrogens with zero attached hydrogens (tertiary/aromatic N) is 5. The highest BCUT2D eigenvalue weighted by atomic mass is 35.5. The summed E-state index contributed by atoms with van der Waals surface area (Å²) in [7, 11) is 0. The van der Waals surface area contributed by atoms with Crippen LogP contribution >= 0.6 is 34.8 Å². The van der Waals surface area contributed by atoms with E-state index in [4.69, 9.17) is 34.8 Å². The standard InChI is InChI=1S/C20H13ClN4O.C18H11Cl2N3O.C2H6/c21-15-6-3-5-13(8-15)18-9-20(26)25(24-18)19(10-22)17-12-23-11-14-4-1-2-7-16(14)17;19-15-6-5-11(7-16(15)20)18(24)23-17(8-21)14-10-22-9-12-3-1-2-4-13(12)14;1-2/h1-9,11-12,19,24H;1-7,9-10,17H,(H,23,24);1-2H3. The fourth-order valence-electron chi connectivity index (χ4n) is 5.43. The minimum Gasteiger partial charge on any atom is -0.332 e. The van der Waals surface area contributed by atoms with E-state index >= 15 is 0 Å². The number of halogens is 3. The van der Waals surface area contributed by atoms with Gasteiger partial charge in [-0.05, 0) is 41.1 Å². The van der Waals surface area contributed by atoms with Crippen LogP contribution in [0.3, 0.4) is 0 Å². The van der Waals surface area contributed by atoms with Gasteiger partial charge in [-0.25, -0.2) is 4.68 Å². The molecule has 2 atom stereocenters. The molecule has 2 N–H and O–H groups in total. The Labute approximate surface area is 314 Å². The van der Waals surface area contributed by atoms with Crippen molar-refractivity contribution in [2.75, 3.05) is 0 Å². The summed E-state index contributed by atoms with van der Waals surface area (Å²) in [5.41, 5.74) is 2.74. The van der Waals surface area contributed by atoms with Crippen LogP contribution in [0.1, 0.15) is 47.4 Å². The zero-order valence-corrected chi connectivity index (χ0v) is 30.2. The van der Waals surface area contributed by atoms with E-state index < -0.39 is 18.0 Å². The van der Waals surface area contributed by atoms with E-state index in [1.165, 1.54) is 16.8 Å². The average molecular weight is 747 g/mol. The molecule has 52 heavy (non-hydrogen) atoms. The van der Waals surface area contributed by atoms with Gasteiger partial charge < -0.3 is 5.32 Å². The second-order valence-electron chi connectivity index (χ2n) is 11.0. The zero-order chi connectivity index (χ0) is 37.2. The van der Waals surface area contributed by atoms with Gasteiger partial charge >= 0.3 is 0 Å². The van der Waals surface area contributed by atoms with E-state index in [1.54, 1.807) is 49.1 Å². The van der Waals surface area contributed by atoms with Gasteiger partial charge in [-0.15, -0.1) is 0 Å². The third-order valence-electron chi connectivity index (χ3n) is 7.85. The molecule has 7 aromatic rings. The largest absolute Gasteiger partial charge is 0.332 e. The monoisotopic (exact) mass is 745 g/mol. The third kappa shape index (κ3) is 8.31. The second kappa shape index (κ2) is 17.3. The molecule has 1 amide bonds. The number of nitriles is 2. The molecule has 9 nitrogen and oxygen atoms in total. The van der Waals surface area contributed by atoms with Gasteiger partial charge in [0.15, 0.2) is 6.04 Å². The van der Waals surface area contributed by atoms with Gasteiger partial charge in [0.25, 0.3) is 11.5 Å². The molecule has 0 spiro atoms. The van der Waals surface area contributed by atoms with Crippen molar-refractivity contribution >= 4 is 62.3 Å². The molecule has 0 aliphatic carbocycles. The summed E-state index contributed by atoms with van der Waals surface area (Å²) in [5, 5.41) is 29.8. The van der Waals surface area contributed by atoms with Crippen molar-refractivity contribution in [3.05, 3.63) is 164 Å². The summed E-state index contributed by atoms with van der Waals surface area (Å²) in [6.45, 7) is 4.00. The molecule has 0 saturated carbocycles. The van der Waals surface area contributed by atoms with Crippen molar-refractivity contribution in [3.8, 4) is 23.4 Å². The fourth-order valence-corrected chi connectivity index (χ4v) is 5.92. The lowest BCUT2D eigenvalue weighted by Crippen LogP contribution is -2.27. The number of H-pyrrole nitrogens is 1. The molecule has 0 aliphatic rings. The minimum atomic E-state index is -0.828. The van der Waals surface area contributed by atoms with Crippen LogP contribution in [0.15, 0.2) is 127 Å². The van der Waals surface area contributed by atoms with Crippen LogP contribution in [-0.2, 0) is 0 Å². The molecule has 4 aromatic carbocycles. The first-order valence-electron chi connectivity index (χ1n) is 16.1. The number of carbonyl (C=O) groups excluding carboxylic acids is 1. The highest BCUT2D eigenvalue weighted by Gasteiger charge is 2.21. The Morgan fingerprint density at radius 3 is 2.00 bits per heavy atom. The quantitative estimate of drug-likeness (QED) is 0.174. The molecule has 258 valence electrons. The molecule has 7 rings (SSSR count). The first-order chi connectivity index (χ1) is 25.3. The maximum Gasteiger partial charge on any atom is 0.268 e. The molecule has 0 radical (unpaired) electrons. The van der Waals surface area contributed by atoms with Gasteiger partial charge in [-0.3, -0.25) is 24.7 Å². The summed E-state index contributed by atoms with van der Waals surface area (Å²) >= 11 is 17.8. The van der Waals surface area contributed by atoms with Crippen molar-refractivity contribution < 1.29 is 4.79 Å². The minimum absolute atomic E-state index is 0.282. The van der Waals surface area contributed by atoms with Crippen molar-refractivity contribution in [1.82, 2.24) is 25.1 Å². The highest BCUT2D eigenvalue weighted by molar-refractivity contribution is 6.42. The summed E-state index contributed by atoms with van der Waals surface area (Å²) in [5.74, 6) is -0.409. The lowest BCUT2D eigenvalue weighted by atomic mass is 10.0. The molecule has 2 unspecified atom stereocenters. The number of carbonyl (C=O) groups is 1. The highest BCUT2D eigenvalue weighted by Crippen LogP contribution is 2.27. The third-order valence-corrected chi connectivity index (χ3v) is 8.83. The van der Waals surface area contributed by atoms with Crippen molar-refractivity contribution in [3.63, 3.8) is 0 Å². The van der Waals surface area contributed by atoms with E-state index in [9.17, 15) is 20.1 Å². The van der Waals surface area contributed by atoms with E-state index in [0.717, 1.165) is 27.1 Å². The predicted octanol–water partition coefficient (Wildman–Crippen LogP) is 9.72. The number of hydrogen-bond donors (Lipinski definition) is 2. The molecule has 0 saturated heterocycles. The Hall–Kier alpha value is -5.97. The molecule has 0 bridgehead atoms. The molecule has 0 fully saturated rings. The number of aromatic amines is 1. The molecule has 3 heterocycles. The Balaban J connectivity index is 0.000000193. The van der Waals surface area contributed by atoms with Crippen LogP contribution in [0.2, 0.25) is 15.1 Å². The average Bonchev–Trinajstić information content (AvgIpc) is 3.57. The van der Waals surface area contributed by atoms with E-state index in [1.807, 2.05) is 74.5 Å². The van der Waals surface area contributed by atoms with Crippen LogP contribution in [0.4, 0.5) is 0 Å². The number of benzene rings is 4. The number of hydrogen-bond acceptors (Lipinski definition) is 6. The summed E-state index contributed by atoms with van der Waals surface area (Å²) < 4.78 is 1.32. The van der Waals surface area contributed by atoms with Gasteiger partial charge in [0.1, 0.15) is 6.04 Å². The van der Waals surface area contributed by atoms with E-state index in [2.05, 4.69) is 32.5 Å². The SMILES string of the molecule is CC.N#CC(NC(=O)c1ccc(Cl)c(Cl)c1)c1cncc2ccccc12.N#CC(c1cncc2ccccc12)n1[nH]c(-c2cccc(Cl)c2)cc1=O. The maximum absolute atomic E-state index is 12.5. The van der Waals surface area contributed by atoms with Crippen molar-refractivity contribution in [2.45, 2.75) is 25.9 Å². The molecule has 12 heteroatoms. The van der Waals surface area contributed by atoms with Gasteiger partial charge in [-0.1, -0.05) is 109 Å². The van der Waals surface area contributed by atoms with Crippen LogP contribution in [0.5, 0.6) is 0 Å². The first kappa shape index (κ1) is 37.3.